The SMILES string of the molecule is COc1ccc2c(c1)[C@@](O)(c1ccccc1)CC2. The molecule has 18 heavy (non-hydrogen) atoms. The van der Waals surface area contributed by atoms with Crippen LogP contribution in [0.3, 0.4) is 0 Å². The number of rotatable bonds is 2. The Bertz CT molecular complexity index is 563. The molecular weight excluding hydrogens is 224 g/mol. The monoisotopic (exact) mass is 240 g/mol. The summed E-state index contributed by atoms with van der Waals surface area (Å²) in [6.07, 6.45) is 1.64. The van der Waals surface area contributed by atoms with E-state index in [0.29, 0.717) is 0 Å². The molecule has 2 aromatic rings. The smallest absolute Gasteiger partial charge is 0.119 e. The Labute approximate surface area is 107 Å². The second-order valence-electron chi connectivity index (χ2n) is 4.75. The lowest BCUT2D eigenvalue weighted by atomic mass is 9.88. The van der Waals surface area contributed by atoms with E-state index in [2.05, 4.69) is 6.07 Å². The van der Waals surface area contributed by atoms with Crippen LogP contribution in [0.1, 0.15) is 23.1 Å². The summed E-state index contributed by atoms with van der Waals surface area (Å²) < 4.78 is 5.26. The zero-order chi connectivity index (χ0) is 12.6. The van der Waals surface area contributed by atoms with E-state index < -0.39 is 5.60 Å². The third-order valence-corrected chi connectivity index (χ3v) is 3.77. The van der Waals surface area contributed by atoms with Gasteiger partial charge in [-0.3, -0.25) is 0 Å². The molecule has 92 valence electrons. The molecule has 0 fully saturated rings. The summed E-state index contributed by atoms with van der Waals surface area (Å²) in [5, 5.41) is 11.0. The normalized spacial score (nSPS) is 21.7. The van der Waals surface area contributed by atoms with Crippen molar-refractivity contribution in [3.8, 4) is 5.75 Å². The van der Waals surface area contributed by atoms with Gasteiger partial charge < -0.3 is 9.84 Å². The van der Waals surface area contributed by atoms with Crippen molar-refractivity contribution in [2.75, 3.05) is 7.11 Å². The van der Waals surface area contributed by atoms with Crippen LogP contribution in [0.4, 0.5) is 0 Å². The molecule has 1 atom stereocenters. The third kappa shape index (κ3) is 1.61. The number of hydrogen-bond acceptors (Lipinski definition) is 2. The van der Waals surface area contributed by atoms with E-state index in [1.54, 1.807) is 7.11 Å². The highest BCUT2D eigenvalue weighted by atomic mass is 16.5. The Balaban J connectivity index is 2.13. The molecule has 0 aromatic heterocycles. The Morgan fingerprint density at radius 1 is 1.11 bits per heavy atom. The van der Waals surface area contributed by atoms with Gasteiger partial charge in [-0.2, -0.15) is 0 Å². The number of aryl methyl sites for hydroxylation is 1. The first-order valence-electron chi connectivity index (χ1n) is 6.19. The topological polar surface area (TPSA) is 29.5 Å². The predicted octanol–water partition coefficient (Wildman–Crippen LogP) is 2.88. The Hall–Kier alpha value is -1.80. The van der Waals surface area contributed by atoms with Gasteiger partial charge in [0, 0.05) is 0 Å². The minimum Gasteiger partial charge on any atom is -0.497 e. The number of methoxy groups -OCH3 is 1. The molecule has 2 heteroatoms. The van der Waals surface area contributed by atoms with Gasteiger partial charge in [-0.1, -0.05) is 36.4 Å². The van der Waals surface area contributed by atoms with Gasteiger partial charge in [0.2, 0.25) is 0 Å². The summed E-state index contributed by atoms with van der Waals surface area (Å²) in [4.78, 5) is 0. The van der Waals surface area contributed by atoms with Crippen molar-refractivity contribution in [1.29, 1.82) is 0 Å². The van der Waals surface area contributed by atoms with Crippen molar-refractivity contribution in [3.05, 3.63) is 65.2 Å². The first-order valence-corrected chi connectivity index (χ1v) is 6.19. The highest BCUT2D eigenvalue weighted by molar-refractivity contribution is 5.48. The molecule has 0 saturated heterocycles. The van der Waals surface area contributed by atoms with Crippen LogP contribution in [0.15, 0.2) is 48.5 Å². The molecule has 0 heterocycles. The quantitative estimate of drug-likeness (QED) is 0.874. The van der Waals surface area contributed by atoms with E-state index >= 15 is 0 Å². The van der Waals surface area contributed by atoms with Crippen LogP contribution in [0, 0.1) is 0 Å². The molecule has 1 N–H and O–H groups in total. The van der Waals surface area contributed by atoms with Crippen LogP contribution in [-0.4, -0.2) is 12.2 Å². The number of aliphatic hydroxyl groups is 1. The molecular formula is C16H16O2. The summed E-state index contributed by atoms with van der Waals surface area (Å²) in [5.41, 5.74) is 2.28. The van der Waals surface area contributed by atoms with Crippen molar-refractivity contribution in [3.63, 3.8) is 0 Å². The van der Waals surface area contributed by atoms with Crippen molar-refractivity contribution in [2.24, 2.45) is 0 Å². The van der Waals surface area contributed by atoms with Crippen LogP contribution >= 0.6 is 0 Å². The van der Waals surface area contributed by atoms with E-state index in [9.17, 15) is 5.11 Å². The molecule has 0 unspecified atom stereocenters. The minimum absolute atomic E-state index is 0.736. The van der Waals surface area contributed by atoms with E-state index in [4.69, 9.17) is 4.74 Å². The number of benzene rings is 2. The van der Waals surface area contributed by atoms with Gasteiger partial charge in [-0.05, 0) is 41.7 Å². The highest BCUT2D eigenvalue weighted by Crippen LogP contribution is 2.43. The molecule has 3 rings (SSSR count). The number of ether oxygens (including phenoxy) is 1. The van der Waals surface area contributed by atoms with Crippen molar-refractivity contribution >= 4 is 0 Å². The van der Waals surface area contributed by atoms with Gasteiger partial charge in [0.25, 0.3) is 0 Å². The second kappa shape index (κ2) is 4.14. The molecule has 0 aliphatic heterocycles. The fourth-order valence-electron chi connectivity index (χ4n) is 2.75. The maximum Gasteiger partial charge on any atom is 0.119 e. The average molecular weight is 240 g/mol. The van der Waals surface area contributed by atoms with Gasteiger partial charge in [0.1, 0.15) is 11.4 Å². The summed E-state index contributed by atoms with van der Waals surface area (Å²) in [5.74, 6) is 0.796. The lowest BCUT2D eigenvalue weighted by molar-refractivity contribution is 0.0827. The summed E-state index contributed by atoms with van der Waals surface area (Å²) in [6.45, 7) is 0. The van der Waals surface area contributed by atoms with E-state index in [0.717, 1.165) is 29.7 Å². The minimum atomic E-state index is -0.870. The fourth-order valence-corrected chi connectivity index (χ4v) is 2.75. The fraction of sp³-hybridized carbons (Fsp3) is 0.250. The molecule has 2 nitrogen and oxygen atoms in total. The Morgan fingerprint density at radius 2 is 1.89 bits per heavy atom. The van der Waals surface area contributed by atoms with Gasteiger partial charge >= 0.3 is 0 Å². The summed E-state index contributed by atoms with van der Waals surface area (Å²) in [7, 11) is 1.65. The second-order valence-corrected chi connectivity index (χ2v) is 4.75. The molecule has 2 aromatic carbocycles. The number of hydrogen-bond donors (Lipinski definition) is 1. The zero-order valence-corrected chi connectivity index (χ0v) is 10.4. The molecule has 1 aliphatic carbocycles. The summed E-state index contributed by atoms with van der Waals surface area (Å²) >= 11 is 0. The predicted molar refractivity (Wildman–Crippen MR) is 70.8 cm³/mol. The standard InChI is InChI=1S/C16H16O2/c1-18-14-8-7-12-9-10-16(17,15(12)11-14)13-5-3-2-4-6-13/h2-8,11,17H,9-10H2,1H3/t16-/m0/s1. The molecule has 0 amide bonds. The van der Waals surface area contributed by atoms with E-state index in [1.807, 2.05) is 42.5 Å². The third-order valence-electron chi connectivity index (χ3n) is 3.77. The molecule has 0 spiro atoms. The first-order chi connectivity index (χ1) is 8.74. The molecule has 0 radical (unpaired) electrons. The van der Waals surface area contributed by atoms with Gasteiger partial charge in [-0.25, -0.2) is 0 Å². The van der Waals surface area contributed by atoms with Gasteiger partial charge in [0.15, 0.2) is 0 Å². The maximum absolute atomic E-state index is 11.0. The maximum atomic E-state index is 11.0. The van der Waals surface area contributed by atoms with Crippen molar-refractivity contribution in [2.45, 2.75) is 18.4 Å². The van der Waals surface area contributed by atoms with Gasteiger partial charge in [0.05, 0.1) is 7.11 Å². The van der Waals surface area contributed by atoms with E-state index in [-0.39, 0.29) is 0 Å². The highest BCUT2D eigenvalue weighted by Gasteiger charge is 2.38. The van der Waals surface area contributed by atoms with Crippen LogP contribution in [0.2, 0.25) is 0 Å². The van der Waals surface area contributed by atoms with E-state index in [1.165, 1.54) is 5.56 Å². The van der Waals surface area contributed by atoms with Crippen molar-refractivity contribution in [1.82, 2.24) is 0 Å². The Kier molecular flexibility index (Phi) is 2.60. The van der Waals surface area contributed by atoms with Crippen LogP contribution in [0.5, 0.6) is 5.75 Å². The molecule has 0 saturated carbocycles. The summed E-state index contributed by atoms with van der Waals surface area (Å²) in [6, 6.07) is 15.8. The Morgan fingerprint density at radius 3 is 2.61 bits per heavy atom. The number of fused-ring (bicyclic) bond motifs is 1. The average Bonchev–Trinajstić information content (AvgIpc) is 2.78. The molecule has 1 aliphatic rings. The first kappa shape index (κ1) is 11.3. The lowest BCUT2D eigenvalue weighted by Crippen LogP contribution is -2.23. The van der Waals surface area contributed by atoms with Crippen LogP contribution in [-0.2, 0) is 12.0 Å². The van der Waals surface area contributed by atoms with Crippen LogP contribution < -0.4 is 4.74 Å². The van der Waals surface area contributed by atoms with Gasteiger partial charge in [-0.15, -0.1) is 0 Å². The van der Waals surface area contributed by atoms with Crippen molar-refractivity contribution < 1.29 is 9.84 Å². The molecule has 0 bridgehead atoms. The van der Waals surface area contributed by atoms with Crippen LogP contribution in [0.25, 0.3) is 0 Å². The zero-order valence-electron chi connectivity index (χ0n) is 10.4. The lowest BCUT2D eigenvalue weighted by Gasteiger charge is -2.25. The largest absolute Gasteiger partial charge is 0.497 e.